The maximum Gasteiger partial charge on any atom is 0.433 e. The number of ether oxygens (including phenoxy) is 1. The fourth-order valence-electron chi connectivity index (χ4n) is 5.09. The van der Waals surface area contributed by atoms with Crippen LogP contribution in [0.15, 0.2) is 30.5 Å². The molecule has 2 aromatic rings. The van der Waals surface area contributed by atoms with Crippen molar-refractivity contribution in [1.82, 2.24) is 20.1 Å². The molecule has 0 spiro atoms. The maximum atomic E-state index is 13.0. The molecule has 2 aliphatic heterocycles. The Balaban J connectivity index is 1.42. The van der Waals surface area contributed by atoms with Crippen LogP contribution in [0.2, 0.25) is 0 Å². The van der Waals surface area contributed by atoms with Crippen LogP contribution in [-0.2, 0) is 11.0 Å². The number of carbonyl (C=O) groups is 2. The number of benzene rings is 1. The van der Waals surface area contributed by atoms with Crippen molar-refractivity contribution >= 4 is 11.8 Å². The monoisotopic (exact) mass is 490 g/mol. The molecule has 1 N–H and O–H groups in total. The van der Waals surface area contributed by atoms with Gasteiger partial charge in [-0.25, -0.2) is 0 Å². The van der Waals surface area contributed by atoms with Crippen LogP contribution >= 0.6 is 0 Å². The molecule has 2 fully saturated rings. The SMILES string of the molecule is CNC(=O)COc1ccc([C@H](C)N2C[C@H]3C[C@@H]2CN3C(=O)c2ccc(C(F)(F)F)nc2)c(C)c1C. The van der Waals surface area contributed by atoms with E-state index in [2.05, 4.69) is 22.1 Å². The van der Waals surface area contributed by atoms with Crippen LogP contribution in [0, 0.1) is 13.8 Å². The maximum absolute atomic E-state index is 13.0. The molecule has 0 saturated carbocycles. The van der Waals surface area contributed by atoms with Crippen molar-refractivity contribution in [2.24, 2.45) is 0 Å². The van der Waals surface area contributed by atoms with Gasteiger partial charge in [0, 0.05) is 44.5 Å². The zero-order valence-electron chi connectivity index (χ0n) is 20.1. The Morgan fingerprint density at radius 3 is 2.46 bits per heavy atom. The Kier molecular flexibility index (Phi) is 6.77. The molecule has 2 amide bonds. The first kappa shape index (κ1) is 25.0. The molecule has 0 aliphatic carbocycles. The Bertz CT molecular complexity index is 1120. The number of aromatic nitrogens is 1. The van der Waals surface area contributed by atoms with Crippen LogP contribution in [0.4, 0.5) is 13.2 Å². The van der Waals surface area contributed by atoms with Crippen LogP contribution in [-0.4, -0.2) is 65.4 Å². The van der Waals surface area contributed by atoms with Crippen molar-refractivity contribution in [2.75, 3.05) is 26.7 Å². The highest BCUT2D eigenvalue weighted by molar-refractivity contribution is 5.94. The molecule has 0 unspecified atom stereocenters. The summed E-state index contributed by atoms with van der Waals surface area (Å²) in [6.45, 7) is 7.33. The van der Waals surface area contributed by atoms with Gasteiger partial charge in [0.15, 0.2) is 6.61 Å². The number of fused-ring (bicyclic) bond motifs is 2. The number of halogens is 3. The second kappa shape index (κ2) is 9.49. The molecule has 2 saturated heterocycles. The smallest absolute Gasteiger partial charge is 0.433 e. The summed E-state index contributed by atoms with van der Waals surface area (Å²) in [5.41, 5.74) is 2.40. The van der Waals surface area contributed by atoms with Gasteiger partial charge in [0.1, 0.15) is 11.4 Å². The zero-order chi connectivity index (χ0) is 25.5. The van der Waals surface area contributed by atoms with Gasteiger partial charge < -0.3 is 15.0 Å². The van der Waals surface area contributed by atoms with Crippen LogP contribution in [0.3, 0.4) is 0 Å². The van der Waals surface area contributed by atoms with Gasteiger partial charge in [-0.2, -0.15) is 13.2 Å². The van der Waals surface area contributed by atoms with Gasteiger partial charge in [0.25, 0.3) is 11.8 Å². The predicted octanol–water partition coefficient (Wildman–Crippen LogP) is 3.50. The number of carbonyl (C=O) groups excluding carboxylic acids is 2. The second-order valence-electron chi connectivity index (χ2n) is 9.17. The van der Waals surface area contributed by atoms with Gasteiger partial charge in [-0.15, -0.1) is 0 Å². The minimum absolute atomic E-state index is 0.00816. The Morgan fingerprint density at radius 2 is 1.89 bits per heavy atom. The average molecular weight is 491 g/mol. The van der Waals surface area contributed by atoms with E-state index >= 15 is 0 Å². The Hall–Kier alpha value is -3.14. The summed E-state index contributed by atoms with van der Waals surface area (Å²) in [4.78, 5) is 32.0. The van der Waals surface area contributed by atoms with E-state index < -0.39 is 11.9 Å². The fraction of sp³-hybridized carbons (Fsp3) is 0.480. The van der Waals surface area contributed by atoms with Gasteiger partial charge in [-0.3, -0.25) is 19.5 Å². The van der Waals surface area contributed by atoms with Crippen LogP contribution in [0.5, 0.6) is 5.75 Å². The third kappa shape index (κ3) is 4.84. The molecule has 1 aromatic heterocycles. The van der Waals surface area contributed by atoms with E-state index in [1.807, 2.05) is 26.0 Å². The van der Waals surface area contributed by atoms with E-state index in [0.29, 0.717) is 18.8 Å². The number of likely N-dealkylation sites (tertiary alicyclic amines) is 2. The predicted molar refractivity (Wildman–Crippen MR) is 123 cm³/mol. The number of amides is 2. The van der Waals surface area contributed by atoms with Gasteiger partial charge in [0.05, 0.1) is 5.56 Å². The Labute approximate surface area is 202 Å². The third-order valence-electron chi connectivity index (χ3n) is 7.21. The van der Waals surface area contributed by atoms with Crippen molar-refractivity contribution in [2.45, 2.75) is 51.5 Å². The van der Waals surface area contributed by atoms with Crippen molar-refractivity contribution < 1.29 is 27.5 Å². The molecule has 2 bridgehead atoms. The van der Waals surface area contributed by atoms with E-state index in [-0.39, 0.29) is 42.1 Å². The lowest BCUT2D eigenvalue weighted by Gasteiger charge is -2.38. The summed E-state index contributed by atoms with van der Waals surface area (Å²) in [6, 6.07) is 6.25. The molecule has 2 aliphatic rings. The average Bonchev–Trinajstić information content (AvgIpc) is 3.45. The number of likely N-dealkylation sites (N-methyl/N-ethyl adjacent to an activating group) is 1. The Morgan fingerprint density at radius 1 is 1.14 bits per heavy atom. The number of hydrogen-bond acceptors (Lipinski definition) is 5. The number of pyridine rings is 1. The van der Waals surface area contributed by atoms with Gasteiger partial charge in [-0.1, -0.05) is 6.07 Å². The zero-order valence-corrected chi connectivity index (χ0v) is 20.1. The normalized spacial score (nSPS) is 20.7. The summed E-state index contributed by atoms with van der Waals surface area (Å²) in [5, 5.41) is 2.53. The number of nitrogens with zero attached hydrogens (tertiary/aromatic N) is 3. The van der Waals surface area contributed by atoms with E-state index in [1.165, 1.54) is 6.07 Å². The van der Waals surface area contributed by atoms with Crippen LogP contribution in [0.25, 0.3) is 0 Å². The number of hydrogen-bond donors (Lipinski definition) is 1. The van der Waals surface area contributed by atoms with E-state index in [4.69, 9.17) is 4.74 Å². The van der Waals surface area contributed by atoms with Crippen molar-refractivity contribution in [3.63, 3.8) is 0 Å². The van der Waals surface area contributed by atoms with Crippen LogP contribution < -0.4 is 10.1 Å². The van der Waals surface area contributed by atoms with Gasteiger partial charge >= 0.3 is 6.18 Å². The van der Waals surface area contributed by atoms with E-state index in [0.717, 1.165) is 35.4 Å². The minimum atomic E-state index is -4.53. The molecule has 0 radical (unpaired) electrons. The number of piperazine rings is 1. The molecule has 10 heteroatoms. The highest BCUT2D eigenvalue weighted by Gasteiger charge is 2.47. The standard InChI is InChI=1S/C25H29F3N4O3/c1-14-15(2)21(35-13-23(33)29-4)7-6-20(14)16(3)31-11-19-9-18(31)12-32(19)24(34)17-5-8-22(30-10-17)25(26,27)28/h5-8,10,16,18-19H,9,11-13H2,1-4H3,(H,29,33)/t16-,18+,19+/m0/s1. The van der Waals surface area contributed by atoms with E-state index in [9.17, 15) is 22.8 Å². The largest absolute Gasteiger partial charge is 0.483 e. The molecule has 35 heavy (non-hydrogen) atoms. The lowest BCUT2D eigenvalue weighted by Crippen LogP contribution is -2.49. The lowest BCUT2D eigenvalue weighted by molar-refractivity contribution is -0.141. The molecular formula is C25H29F3N4O3. The van der Waals surface area contributed by atoms with Crippen molar-refractivity contribution in [1.29, 1.82) is 0 Å². The van der Waals surface area contributed by atoms with Crippen molar-refractivity contribution in [3.05, 3.63) is 58.4 Å². The number of alkyl halides is 3. The van der Waals surface area contributed by atoms with Crippen molar-refractivity contribution in [3.8, 4) is 5.75 Å². The summed E-state index contributed by atoms with van der Waals surface area (Å²) in [6.07, 6.45) is -2.69. The first-order valence-corrected chi connectivity index (χ1v) is 11.5. The first-order chi connectivity index (χ1) is 16.5. The summed E-state index contributed by atoms with van der Waals surface area (Å²) in [7, 11) is 1.56. The molecular weight excluding hydrogens is 461 g/mol. The van der Waals surface area contributed by atoms with Crippen LogP contribution in [0.1, 0.15) is 52.1 Å². The second-order valence-corrected chi connectivity index (χ2v) is 9.17. The highest BCUT2D eigenvalue weighted by atomic mass is 19.4. The highest BCUT2D eigenvalue weighted by Crippen LogP contribution is 2.39. The summed E-state index contributed by atoms with van der Waals surface area (Å²) in [5.74, 6) is 0.196. The summed E-state index contributed by atoms with van der Waals surface area (Å²) < 4.78 is 44.0. The number of rotatable bonds is 6. The molecule has 3 heterocycles. The topological polar surface area (TPSA) is 74.8 Å². The number of nitrogens with one attached hydrogen (secondary N) is 1. The van der Waals surface area contributed by atoms with E-state index in [1.54, 1.807) is 11.9 Å². The summed E-state index contributed by atoms with van der Waals surface area (Å²) >= 11 is 0. The molecule has 1 aromatic carbocycles. The van der Waals surface area contributed by atoms with Gasteiger partial charge in [-0.05, 0) is 62.1 Å². The molecule has 3 atom stereocenters. The quantitative estimate of drug-likeness (QED) is 0.671. The third-order valence-corrected chi connectivity index (χ3v) is 7.21. The fourth-order valence-corrected chi connectivity index (χ4v) is 5.09. The van der Waals surface area contributed by atoms with Gasteiger partial charge in [0.2, 0.25) is 0 Å². The minimum Gasteiger partial charge on any atom is -0.483 e. The molecule has 188 valence electrons. The lowest BCUT2D eigenvalue weighted by atomic mass is 9.96. The molecule has 7 nitrogen and oxygen atoms in total. The molecule has 4 rings (SSSR count). The first-order valence-electron chi connectivity index (χ1n) is 11.5.